The summed E-state index contributed by atoms with van der Waals surface area (Å²) in [5.41, 5.74) is 2.75. The summed E-state index contributed by atoms with van der Waals surface area (Å²) in [6.07, 6.45) is 0. The molecule has 0 heterocycles. The minimum atomic E-state index is 0.442. The van der Waals surface area contributed by atoms with Gasteiger partial charge in [-0.1, -0.05) is 31.2 Å². The SMILES string of the molecule is CCNCc1cccc(Br)c1OCc1cccc(C#N)c1. The van der Waals surface area contributed by atoms with Crippen LogP contribution in [0.15, 0.2) is 46.9 Å². The van der Waals surface area contributed by atoms with Gasteiger partial charge in [-0.15, -0.1) is 0 Å². The van der Waals surface area contributed by atoms with Gasteiger partial charge in [0.15, 0.2) is 0 Å². The Hall–Kier alpha value is -1.83. The number of para-hydroxylation sites is 1. The molecule has 0 atom stereocenters. The molecule has 0 saturated carbocycles. The van der Waals surface area contributed by atoms with Crippen molar-refractivity contribution in [1.29, 1.82) is 5.26 Å². The molecule has 3 nitrogen and oxygen atoms in total. The fourth-order valence-electron chi connectivity index (χ4n) is 2.00. The summed E-state index contributed by atoms with van der Waals surface area (Å²) in [5, 5.41) is 12.2. The molecule has 0 spiro atoms. The fourth-order valence-corrected chi connectivity index (χ4v) is 2.52. The van der Waals surface area contributed by atoms with Gasteiger partial charge in [0.25, 0.3) is 0 Å². The highest BCUT2D eigenvalue weighted by atomic mass is 79.9. The molecule has 0 aliphatic carbocycles. The van der Waals surface area contributed by atoms with Gasteiger partial charge in [-0.2, -0.15) is 5.26 Å². The average Bonchev–Trinajstić information content (AvgIpc) is 2.52. The molecule has 2 rings (SSSR count). The minimum absolute atomic E-state index is 0.442. The molecule has 2 aromatic carbocycles. The maximum Gasteiger partial charge on any atom is 0.138 e. The highest BCUT2D eigenvalue weighted by Crippen LogP contribution is 2.29. The summed E-state index contributed by atoms with van der Waals surface area (Å²) in [6.45, 7) is 4.20. The molecule has 4 heteroatoms. The number of halogens is 1. The van der Waals surface area contributed by atoms with Gasteiger partial charge in [0.2, 0.25) is 0 Å². The van der Waals surface area contributed by atoms with E-state index in [1.165, 1.54) is 0 Å². The number of benzene rings is 2. The Kier molecular flexibility index (Phi) is 5.79. The second kappa shape index (κ2) is 7.82. The number of nitrogens with zero attached hydrogens (tertiary/aromatic N) is 1. The summed E-state index contributed by atoms with van der Waals surface area (Å²) >= 11 is 3.54. The van der Waals surface area contributed by atoms with Crippen LogP contribution in [0.3, 0.4) is 0 Å². The van der Waals surface area contributed by atoms with E-state index in [1.54, 1.807) is 6.07 Å². The van der Waals surface area contributed by atoms with Crippen LogP contribution in [-0.4, -0.2) is 6.54 Å². The van der Waals surface area contributed by atoms with E-state index in [1.807, 2.05) is 30.3 Å². The van der Waals surface area contributed by atoms with E-state index in [9.17, 15) is 0 Å². The molecular formula is C17H17BrN2O. The molecule has 0 fully saturated rings. The van der Waals surface area contributed by atoms with Crippen molar-refractivity contribution in [2.75, 3.05) is 6.54 Å². The van der Waals surface area contributed by atoms with E-state index >= 15 is 0 Å². The zero-order valence-corrected chi connectivity index (χ0v) is 13.5. The van der Waals surface area contributed by atoms with E-state index in [-0.39, 0.29) is 0 Å². The van der Waals surface area contributed by atoms with Crippen molar-refractivity contribution >= 4 is 15.9 Å². The van der Waals surface area contributed by atoms with Crippen molar-refractivity contribution in [2.24, 2.45) is 0 Å². The number of hydrogen-bond donors (Lipinski definition) is 1. The van der Waals surface area contributed by atoms with Crippen LogP contribution in [0.1, 0.15) is 23.6 Å². The van der Waals surface area contributed by atoms with Crippen molar-refractivity contribution in [3.63, 3.8) is 0 Å². The van der Waals surface area contributed by atoms with Gasteiger partial charge in [-0.05, 0) is 46.2 Å². The Morgan fingerprint density at radius 2 is 2.05 bits per heavy atom. The van der Waals surface area contributed by atoms with E-state index in [2.05, 4.69) is 40.3 Å². The first kappa shape index (κ1) is 15.6. The zero-order chi connectivity index (χ0) is 15.1. The Balaban J connectivity index is 2.13. The van der Waals surface area contributed by atoms with Gasteiger partial charge in [0, 0.05) is 12.1 Å². The van der Waals surface area contributed by atoms with E-state index in [0.717, 1.165) is 34.4 Å². The maximum atomic E-state index is 8.93. The third kappa shape index (κ3) is 4.32. The smallest absolute Gasteiger partial charge is 0.138 e. The molecule has 0 bridgehead atoms. The second-order valence-corrected chi connectivity index (χ2v) is 5.46. The number of rotatable bonds is 6. The summed E-state index contributed by atoms with van der Waals surface area (Å²) in [7, 11) is 0. The quantitative estimate of drug-likeness (QED) is 0.860. The predicted molar refractivity (Wildman–Crippen MR) is 87.0 cm³/mol. The maximum absolute atomic E-state index is 8.93. The fraction of sp³-hybridized carbons (Fsp3) is 0.235. The highest BCUT2D eigenvalue weighted by Gasteiger charge is 2.08. The van der Waals surface area contributed by atoms with Gasteiger partial charge in [-0.3, -0.25) is 0 Å². The lowest BCUT2D eigenvalue weighted by Crippen LogP contribution is -2.13. The summed E-state index contributed by atoms with van der Waals surface area (Å²) in [4.78, 5) is 0. The summed E-state index contributed by atoms with van der Waals surface area (Å²) < 4.78 is 6.89. The van der Waals surface area contributed by atoms with Crippen molar-refractivity contribution in [1.82, 2.24) is 5.32 Å². The molecule has 0 unspecified atom stereocenters. The van der Waals surface area contributed by atoms with Gasteiger partial charge in [0.1, 0.15) is 12.4 Å². The van der Waals surface area contributed by atoms with Crippen LogP contribution in [0.4, 0.5) is 0 Å². The van der Waals surface area contributed by atoms with Crippen molar-refractivity contribution in [3.05, 3.63) is 63.6 Å². The molecule has 0 amide bonds. The molecule has 0 aliphatic rings. The Morgan fingerprint density at radius 3 is 2.81 bits per heavy atom. The van der Waals surface area contributed by atoms with Gasteiger partial charge in [0.05, 0.1) is 16.1 Å². The van der Waals surface area contributed by atoms with Gasteiger partial charge < -0.3 is 10.1 Å². The largest absolute Gasteiger partial charge is 0.487 e. The lowest BCUT2D eigenvalue weighted by molar-refractivity contribution is 0.300. The number of hydrogen-bond acceptors (Lipinski definition) is 3. The number of nitriles is 1. The van der Waals surface area contributed by atoms with Crippen molar-refractivity contribution < 1.29 is 4.74 Å². The first-order valence-electron chi connectivity index (χ1n) is 6.84. The molecule has 0 aromatic heterocycles. The normalized spacial score (nSPS) is 10.1. The lowest BCUT2D eigenvalue weighted by atomic mass is 10.1. The highest BCUT2D eigenvalue weighted by molar-refractivity contribution is 9.10. The molecule has 0 aliphatic heterocycles. The van der Waals surface area contributed by atoms with Gasteiger partial charge in [-0.25, -0.2) is 0 Å². The van der Waals surface area contributed by atoms with Crippen LogP contribution in [0, 0.1) is 11.3 Å². The third-order valence-corrected chi connectivity index (χ3v) is 3.68. The van der Waals surface area contributed by atoms with Crippen LogP contribution in [0.25, 0.3) is 0 Å². The molecule has 2 aromatic rings. The van der Waals surface area contributed by atoms with E-state index in [0.29, 0.717) is 12.2 Å². The second-order valence-electron chi connectivity index (χ2n) is 4.61. The third-order valence-electron chi connectivity index (χ3n) is 3.05. The summed E-state index contributed by atoms with van der Waals surface area (Å²) in [5.74, 6) is 0.848. The topological polar surface area (TPSA) is 45.0 Å². The average molecular weight is 345 g/mol. The first-order valence-corrected chi connectivity index (χ1v) is 7.64. The van der Waals surface area contributed by atoms with Crippen LogP contribution >= 0.6 is 15.9 Å². The summed E-state index contributed by atoms with van der Waals surface area (Å²) in [6, 6.07) is 15.6. The molecule has 21 heavy (non-hydrogen) atoms. The standard InChI is InChI=1S/C17H17BrN2O/c1-2-20-11-15-7-4-8-16(18)17(15)21-12-14-6-3-5-13(9-14)10-19/h3-9,20H,2,11-12H2,1H3. The zero-order valence-electron chi connectivity index (χ0n) is 11.9. The Morgan fingerprint density at radius 1 is 1.24 bits per heavy atom. The molecule has 0 radical (unpaired) electrons. The van der Waals surface area contributed by atoms with Crippen LogP contribution in [-0.2, 0) is 13.2 Å². The lowest BCUT2D eigenvalue weighted by Gasteiger charge is -2.14. The molecule has 108 valence electrons. The predicted octanol–water partition coefficient (Wildman–Crippen LogP) is 4.01. The monoisotopic (exact) mass is 344 g/mol. The van der Waals surface area contributed by atoms with E-state index in [4.69, 9.17) is 10.00 Å². The van der Waals surface area contributed by atoms with Crippen LogP contribution in [0.5, 0.6) is 5.75 Å². The molecule has 0 saturated heterocycles. The van der Waals surface area contributed by atoms with Gasteiger partial charge >= 0.3 is 0 Å². The van der Waals surface area contributed by atoms with Crippen molar-refractivity contribution in [2.45, 2.75) is 20.1 Å². The van der Waals surface area contributed by atoms with E-state index < -0.39 is 0 Å². The molecule has 1 N–H and O–H groups in total. The molecular weight excluding hydrogens is 328 g/mol. The van der Waals surface area contributed by atoms with Crippen LogP contribution < -0.4 is 10.1 Å². The number of ether oxygens (including phenoxy) is 1. The number of nitrogens with one attached hydrogen (secondary N) is 1. The first-order chi connectivity index (χ1) is 10.2. The Bertz CT molecular complexity index is 649. The Labute approximate surface area is 133 Å². The minimum Gasteiger partial charge on any atom is -0.487 e. The van der Waals surface area contributed by atoms with Crippen molar-refractivity contribution in [3.8, 4) is 11.8 Å². The van der Waals surface area contributed by atoms with Crippen LogP contribution in [0.2, 0.25) is 0 Å².